The second kappa shape index (κ2) is 5.01. The third-order valence-corrected chi connectivity index (χ3v) is 3.44. The number of para-hydroxylation sites is 1. The first-order valence-corrected chi connectivity index (χ1v) is 6.53. The first kappa shape index (κ1) is 12.7. The number of carbonyl (C=O) groups is 1. The molecule has 1 amide bonds. The molecular weight excluding hydrogens is 260 g/mol. The minimum Gasteiger partial charge on any atom is -0.408 e. The molecule has 1 aromatic heterocycles. The third-order valence-electron chi connectivity index (χ3n) is 3.44. The van der Waals surface area contributed by atoms with Gasteiger partial charge in [0.15, 0.2) is 5.58 Å². The predicted molar refractivity (Wildman–Crippen MR) is 74.8 cm³/mol. The Morgan fingerprint density at radius 2 is 2.10 bits per heavy atom. The Morgan fingerprint density at radius 3 is 2.80 bits per heavy atom. The van der Waals surface area contributed by atoms with E-state index in [1.165, 1.54) is 4.57 Å². The van der Waals surface area contributed by atoms with Crippen molar-refractivity contribution >= 4 is 22.7 Å². The van der Waals surface area contributed by atoms with E-state index in [1.807, 2.05) is 12.1 Å². The van der Waals surface area contributed by atoms with Crippen LogP contribution in [0.25, 0.3) is 11.1 Å². The van der Waals surface area contributed by atoms with Crippen molar-refractivity contribution in [1.82, 2.24) is 9.88 Å². The fourth-order valence-electron chi connectivity index (χ4n) is 2.57. The lowest BCUT2D eigenvalue weighted by atomic mass is 10.2. The van der Waals surface area contributed by atoms with Crippen LogP contribution in [-0.4, -0.2) is 36.7 Å². The summed E-state index contributed by atoms with van der Waals surface area (Å²) in [6.07, 6.45) is 0. The molecule has 0 aliphatic carbocycles. The van der Waals surface area contributed by atoms with E-state index in [0.29, 0.717) is 11.1 Å². The van der Waals surface area contributed by atoms with E-state index in [0.717, 1.165) is 31.9 Å². The number of hydrogen-bond donors (Lipinski definition) is 2. The maximum atomic E-state index is 11.9. The van der Waals surface area contributed by atoms with E-state index < -0.39 is 11.7 Å². The van der Waals surface area contributed by atoms with Crippen LogP contribution in [0.15, 0.2) is 27.4 Å². The number of oxazole rings is 1. The average Bonchev–Trinajstić information content (AvgIpc) is 2.75. The molecule has 0 bridgehead atoms. The van der Waals surface area contributed by atoms with Gasteiger partial charge in [-0.2, -0.15) is 0 Å². The highest BCUT2D eigenvalue weighted by atomic mass is 16.4. The summed E-state index contributed by atoms with van der Waals surface area (Å²) in [5.41, 5.74) is 7.22. The number of primary amides is 1. The molecule has 1 aliphatic heterocycles. The number of nitrogens with one attached hydrogen (secondary N) is 1. The van der Waals surface area contributed by atoms with Crippen LogP contribution in [0, 0.1) is 0 Å². The highest BCUT2D eigenvalue weighted by molar-refractivity contribution is 5.89. The zero-order valence-electron chi connectivity index (χ0n) is 11.0. The fraction of sp³-hybridized carbons (Fsp3) is 0.385. The zero-order valence-corrected chi connectivity index (χ0v) is 11.0. The van der Waals surface area contributed by atoms with Crippen LogP contribution in [0.2, 0.25) is 0 Å². The first-order valence-electron chi connectivity index (χ1n) is 6.53. The number of aromatic nitrogens is 1. The molecule has 106 valence electrons. The Kier molecular flexibility index (Phi) is 3.19. The Hall–Kier alpha value is -2.28. The van der Waals surface area contributed by atoms with Crippen LogP contribution in [0.4, 0.5) is 5.69 Å². The maximum Gasteiger partial charge on any atom is 0.420 e. The molecule has 7 heteroatoms. The second-order valence-electron chi connectivity index (χ2n) is 4.78. The molecular formula is C13H16N4O3. The number of amides is 1. The number of nitrogens with zero attached hydrogens (tertiary/aromatic N) is 2. The molecule has 0 spiro atoms. The number of carbonyl (C=O) groups excluding carboxylic acids is 1. The zero-order chi connectivity index (χ0) is 14.1. The highest BCUT2D eigenvalue weighted by Crippen LogP contribution is 2.26. The van der Waals surface area contributed by atoms with Crippen molar-refractivity contribution in [1.29, 1.82) is 0 Å². The van der Waals surface area contributed by atoms with Gasteiger partial charge in [-0.3, -0.25) is 9.36 Å². The van der Waals surface area contributed by atoms with Crippen LogP contribution in [0.5, 0.6) is 0 Å². The molecule has 2 heterocycles. The number of fused-ring (bicyclic) bond motifs is 1. The van der Waals surface area contributed by atoms with Crippen LogP contribution in [0.3, 0.4) is 0 Å². The van der Waals surface area contributed by atoms with Gasteiger partial charge in [-0.1, -0.05) is 6.07 Å². The summed E-state index contributed by atoms with van der Waals surface area (Å²) in [6.45, 7) is 3.28. The summed E-state index contributed by atoms with van der Waals surface area (Å²) < 4.78 is 6.49. The highest BCUT2D eigenvalue weighted by Gasteiger charge is 2.19. The van der Waals surface area contributed by atoms with Crippen LogP contribution in [-0.2, 0) is 11.3 Å². The third kappa shape index (κ3) is 2.16. The van der Waals surface area contributed by atoms with Gasteiger partial charge in [-0.15, -0.1) is 0 Å². The first-order chi connectivity index (χ1) is 9.66. The average molecular weight is 276 g/mol. The number of nitrogens with two attached hydrogens (primary N) is 1. The van der Waals surface area contributed by atoms with Crippen LogP contribution < -0.4 is 21.7 Å². The smallest absolute Gasteiger partial charge is 0.408 e. The maximum absolute atomic E-state index is 11.9. The van der Waals surface area contributed by atoms with Crippen molar-refractivity contribution in [2.45, 2.75) is 6.54 Å². The molecule has 1 saturated heterocycles. The number of rotatable bonds is 3. The lowest BCUT2D eigenvalue weighted by Gasteiger charge is -2.29. The molecule has 1 aliphatic rings. The van der Waals surface area contributed by atoms with Crippen molar-refractivity contribution in [3.8, 4) is 0 Å². The number of benzene rings is 1. The summed E-state index contributed by atoms with van der Waals surface area (Å²) >= 11 is 0. The van der Waals surface area contributed by atoms with E-state index in [9.17, 15) is 9.59 Å². The molecule has 2 aromatic rings. The topological polar surface area (TPSA) is 93.5 Å². The summed E-state index contributed by atoms with van der Waals surface area (Å²) in [6, 6.07) is 5.50. The van der Waals surface area contributed by atoms with E-state index in [1.54, 1.807) is 6.07 Å². The van der Waals surface area contributed by atoms with Crippen LogP contribution in [0.1, 0.15) is 0 Å². The van der Waals surface area contributed by atoms with Gasteiger partial charge in [0.1, 0.15) is 12.1 Å². The van der Waals surface area contributed by atoms with Gasteiger partial charge in [0, 0.05) is 26.2 Å². The molecule has 3 rings (SSSR count). The largest absolute Gasteiger partial charge is 0.420 e. The molecule has 1 aromatic carbocycles. The van der Waals surface area contributed by atoms with Crippen molar-refractivity contribution in [2.24, 2.45) is 5.73 Å². The van der Waals surface area contributed by atoms with Gasteiger partial charge in [-0.25, -0.2) is 4.79 Å². The summed E-state index contributed by atoms with van der Waals surface area (Å²) in [5, 5.41) is 3.28. The van der Waals surface area contributed by atoms with Gasteiger partial charge in [0.05, 0.1) is 5.69 Å². The summed E-state index contributed by atoms with van der Waals surface area (Å²) in [5.74, 6) is -1.12. The van der Waals surface area contributed by atoms with Gasteiger partial charge in [-0.05, 0) is 12.1 Å². The van der Waals surface area contributed by atoms with Gasteiger partial charge < -0.3 is 20.4 Å². The van der Waals surface area contributed by atoms with Gasteiger partial charge in [0.2, 0.25) is 5.91 Å². The Labute approximate surface area is 114 Å². The summed E-state index contributed by atoms with van der Waals surface area (Å²) in [7, 11) is 0. The quantitative estimate of drug-likeness (QED) is 0.787. The summed E-state index contributed by atoms with van der Waals surface area (Å²) in [4.78, 5) is 25.2. The molecule has 0 saturated carbocycles. The van der Waals surface area contributed by atoms with Crippen LogP contribution >= 0.6 is 0 Å². The van der Waals surface area contributed by atoms with Gasteiger partial charge >= 0.3 is 5.76 Å². The molecule has 20 heavy (non-hydrogen) atoms. The van der Waals surface area contributed by atoms with Crippen molar-refractivity contribution in [3.63, 3.8) is 0 Å². The lowest BCUT2D eigenvalue weighted by molar-refractivity contribution is -0.118. The van der Waals surface area contributed by atoms with E-state index in [-0.39, 0.29) is 6.54 Å². The number of piperazine rings is 1. The molecule has 0 radical (unpaired) electrons. The Bertz CT molecular complexity index is 697. The number of anilines is 1. The molecule has 7 nitrogen and oxygen atoms in total. The van der Waals surface area contributed by atoms with E-state index in [2.05, 4.69) is 10.2 Å². The predicted octanol–water partition coefficient (Wildman–Crippen LogP) is -0.511. The van der Waals surface area contributed by atoms with E-state index in [4.69, 9.17) is 10.2 Å². The molecule has 0 atom stereocenters. The Morgan fingerprint density at radius 1 is 1.35 bits per heavy atom. The minimum absolute atomic E-state index is 0.172. The standard InChI is InChI=1S/C13H16N4O3/c14-11(18)8-17-12-9(16-6-4-15-5-7-16)2-1-3-10(12)20-13(17)19/h1-3,15H,4-8H2,(H2,14,18). The second-order valence-corrected chi connectivity index (χ2v) is 4.78. The van der Waals surface area contributed by atoms with Crippen molar-refractivity contribution in [2.75, 3.05) is 31.1 Å². The van der Waals surface area contributed by atoms with Crippen molar-refractivity contribution in [3.05, 3.63) is 28.7 Å². The molecule has 3 N–H and O–H groups in total. The molecule has 1 fully saturated rings. The monoisotopic (exact) mass is 276 g/mol. The van der Waals surface area contributed by atoms with Crippen molar-refractivity contribution < 1.29 is 9.21 Å². The lowest BCUT2D eigenvalue weighted by Crippen LogP contribution is -2.43. The fourth-order valence-corrected chi connectivity index (χ4v) is 2.57. The minimum atomic E-state index is -0.565. The Balaban J connectivity index is 2.15. The normalized spacial score (nSPS) is 15.7. The molecule has 0 unspecified atom stereocenters. The SMILES string of the molecule is NC(=O)Cn1c(=O)oc2cccc(N3CCNCC3)c21. The van der Waals surface area contributed by atoms with Gasteiger partial charge in [0.25, 0.3) is 0 Å². The number of hydrogen-bond acceptors (Lipinski definition) is 5. The van der Waals surface area contributed by atoms with E-state index >= 15 is 0 Å².